The maximum absolute atomic E-state index is 12.2. The van der Waals surface area contributed by atoms with E-state index in [1.54, 1.807) is 7.11 Å². The lowest BCUT2D eigenvalue weighted by Gasteiger charge is -2.29. The number of aromatic nitrogens is 3. The molecule has 22 heavy (non-hydrogen) atoms. The molecule has 7 heteroatoms. The van der Waals surface area contributed by atoms with Crippen LogP contribution in [0.3, 0.4) is 0 Å². The van der Waals surface area contributed by atoms with Crippen molar-refractivity contribution in [3.05, 3.63) is 11.6 Å². The molecule has 2 heterocycles. The smallest absolute Gasteiger partial charge is 0.315 e. The highest BCUT2D eigenvalue weighted by Gasteiger charge is 2.27. The third-order valence-corrected chi connectivity index (χ3v) is 4.14. The molecular formula is C15H27N5O2. The maximum atomic E-state index is 12.2. The zero-order valence-corrected chi connectivity index (χ0v) is 14.1. The summed E-state index contributed by atoms with van der Waals surface area (Å²) in [5.74, 6) is 1.48. The van der Waals surface area contributed by atoms with Gasteiger partial charge in [0.25, 0.3) is 0 Å². The molecule has 2 amide bonds. The first-order chi connectivity index (χ1) is 10.3. The Morgan fingerprint density at radius 1 is 1.50 bits per heavy atom. The molecule has 0 bridgehead atoms. The van der Waals surface area contributed by atoms with E-state index < -0.39 is 0 Å². The number of urea groups is 1. The summed E-state index contributed by atoms with van der Waals surface area (Å²) in [7, 11) is 1.62. The maximum Gasteiger partial charge on any atom is 0.315 e. The van der Waals surface area contributed by atoms with Gasteiger partial charge in [-0.3, -0.25) is 0 Å². The van der Waals surface area contributed by atoms with Gasteiger partial charge in [-0.05, 0) is 25.2 Å². The van der Waals surface area contributed by atoms with Crippen LogP contribution in [-0.2, 0) is 17.9 Å². The summed E-state index contributed by atoms with van der Waals surface area (Å²) in [5, 5.41) is 10.4. The molecular weight excluding hydrogens is 282 g/mol. The van der Waals surface area contributed by atoms with Crippen molar-refractivity contribution < 1.29 is 9.53 Å². The second-order valence-corrected chi connectivity index (χ2v) is 6.94. The number of methoxy groups -OCH3 is 1. The number of carbonyl (C=O) groups is 1. The van der Waals surface area contributed by atoms with Gasteiger partial charge in [0, 0.05) is 19.7 Å². The van der Waals surface area contributed by atoms with Gasteiger partial charge in [-0.1, -0.05) is 20.8 Å². The van der Waals surface area contributed by atoms with Crippen molar-refractivity contribution in [3.8, 4) is 0 Å². The number of ether oxygens (including phenoxy) is 1. The second kappa shape index (κ2) is 6.64. The monoisotopic (exact) mass is 309 g/mol. The van der Waals surface area contributed by atoms with Crippen LogP contribution >= 0.6 is 0 Å². The van der Waals surface area contributed by atoms with Crippen molar-refractivity contribution in [1.82, 2.24) is 25.4 Å². The normalized spacial score (nSPS) is 19.4. The Balaban J connectivity index is 2.01. The highest BCUT2D eigenvalue weighted by atomic mass is 16.5. The molecule has 0 saturated carbocycles. The Morgan fingerprint density at radius 2 is 2.23 bits per heavy atom. The first kappa shape index (κ1) is 16.7. The molecule has 0 fully saturated rings. The minimum atomic E-state index is -0.155. The molecule has 1 aliphatic heterocycles. The van der Waals surface area contributed by atoms with E-state index >= 15 is 0 Å². The fourth-order valence-corrected chi connectivity index (χ4v) is 2.34. The standard InChI is InChI=1S/C15H27N5O2/c1-10(15(2,3)4)16-14(21)17-11-7-6-8-20-13(11)18-12(19-20)9-22-5/h10-11H,6-9H2,1-5H3,(H2,16,17,21)/t10-,11+/m0/s1. The van der Waals surface area contributed by atoms with Crippen LogP contribution < -0.4 is 10.6 Å². The molecule has 2 rings (SSSR count). The number of fused-ring (bicyclic) bond motifs is 1. The van der Waals surface area contributed by atoms with Crippen LogP contribution in [0, 0.1) is 5.41 Å². The minimum Gasteiger partial charge on any atom is -0.377 e. The second-order valence-electron chi connectivity index (χ2n) is 6.94. The number of rotatable bonds is 4. The number of carbonyl (C=O) groups excluding carboxylic acids is 1. The van der Waals surface area contributed by atoms with Gasteiger partial charge in [0.2, 0.25) is 0 Å². The number of hydrogen-bond acceptors (Lipinski definition) is 4. The fraction of sp³-hybridized carbons (Fsp3) is 0.800. The average Bonchev–Trinajstić information content (AvgIpc) is 2.81. The summed E-state index contributed by atoms with van der Waals surface area (Å²) in [4.78, 5) is 16.7. The molecule has 1 aromatic rings. The van der Waals surface area contributed by atoms with E-state index in [4.69, 9.17) is 4.74 Å². The molecule has 0 unspecified atom stereocenters. The van der Waals surface area contributed by atoms with Crippen LogP contribution in [0.2, 0.25) is 0 Å². The third-order valence-electron chi connectivity index (χ3n) is 4.14. The van der Waals surface area contributed by atoms with Crippen molar-refractivity contribution in [2.45, 2.75) is 65.8 Å². The molecule has 0 saturated heterocycles. The van der Waals surface area contributed by atoms with E-state index in [-0.39, 0.29) is 23.5 Å². The van der Waals surface area contributed by atoms with Gasteiger partial charge in [-0.25, -0.2) is 14.5 Å². The molecule has 1 aromatic heterocycles. The number of hydrogen-bond donors (Lipinski definition) is 2. The van der Waals surface area contributed by atoms with Crippen LogP contribution in [0.15, 0.2) is 0 Å². The Hall–Kier alpha value is -1.63. The lowest BCUT2D eigenvalue weighted by atomic mass is 9.88. The topological polar surface area (TPSA) is 81.1 Å². The molecule has 1 aliphatic rings. The summed E-state index contributed by atoms with van der Waals surface area (Å²) >= 11 is 0. The molecule has 7 nitrogen and oxygen atoms in total. The van der Waals surface area contributed by atoms with Gasteiger partial charge in [-0.2, -0.15) is 5.10 Å². The highest BCUT2D eigenvalue weighted by Crippen LogP contribution is 2.23. The lowest BCUT2D eigenvalue weighted by Crippen LogP contribution is -2.48. The van der Waals surface area contributed by atoms with E-state index in [0.717, 1.165) is 25.2 Å². The van der Waals surface area contributed by atoms with Crippen LogP contribution in [0.1, 0.15) is 58.2 Å². The van der Waals surface area contributed by atoms with Crippen molar-refractivity contribution in [3.63, 3.8) is 0 Å². The summed E-state index contributed by atoms with van der Waals surface area (Å²) in [6, 6.07) is -0.172. The third kappa shape index (κ3) is 3.97. The highest BCUT2D eigenvalue weighted by molar-refractivity contribution is 5.74. The largest absolute Gasteiger partial charge is 0.377 e. The molecule has 0 spiro atoms. The first-order valence-corrected chi connectivity index (χ1v) is 7.81. The summed E-state index contributed by atoms with van der Waals surface area (Å²) < 4.78 is 6.95. The van der Waals surface area contributed by atoms with Gasteiger partial charge in [0.1, 0.15) is 12.4 Å². The lowest BCUT2D eigenvalue weighted by molar-refractivity contribution is 0.177. The van der Waals surface area contributed by atoms with Gasteiger partial charge in [0.05, 0.1) is 6.04 Å². The number of nitrogens with zero attached hydrogens (tertiary/aromatic N) is 3. The SMILES string of the molecule is COCc1nc2n(n1)CCC[C@H]2NC(=O)N[C@@H](C)C(C)(C)C. The molecule has 124 valence electrons. The van der Waals surface area contributed by atoms with E-state index in [1.165, 1.54) is 0 Å². The zero-order valence-electron chi connectivity index (χ0n) is 14.1. The fourth-order valence-electron chi connectivity index (χ4n) is 2.34. The Kier molecular flexibility index (Phi) is 5.05. The number of aryl methyl sites for hydroxylation is 1. The predicted molar refractivity (Wildman–Crippen MR) is 83.3 cm³/mol. The zero-order chi connectivity index (χ0) is 16.3. The van der Waals surface area contributed by atoms with E-state index in [2.05, 4.69) is 41.5 Å². The number of amides is 2. The Bertz CT molecular complexity index is 520. The summed E-state index contributed by atoms with van der Waals surface area (Å²) in [6.45, 7) is 9.55. The van der Waals surface area contributed by atoms with Crippen LogP contribution in [-0.4, -0.2) is 33.9 Å². The molecule has 0 aromatic carbocycles. The molecule has 2 N–H and O–H groups in total. The van der Waals surface area contributed by atoms with Gasteiger partial charge >= 0.3 is 6.03 Å². The van der Waals surface area contributed by atoms with E-state index in [1.807, 2.05) is 11.6 Å². The van der Waals surface area contributed by atoms with Crippen molar-refractivity contribution in [2.75, 3.05) is 7.11 Å². The quantitative estimate of drug-likeness (QED) is 0.891. The van der Waals surface area contributed by atoms with Crippen molar-refractivity contribution >= 4 is 6.03 Å². The van der Waals surface area contributed by atoms with Crippen LogP contribution in [0.5, 0.6) is 0 Å². The minimum absolute atomic E-state index is 0.0234. The first-order valence-electron chi connectivity index (χ1n) is 7.81. The van der Waals surface area contributed by atoms with Crippen molar-refractivity contribution in [1.29, 1.82) is 0 Å². The molecule has 0 radical (unpaired) electrons. The Morgan fingerprint density at radius 3 is 2.86 bits per heavy atom. The molecule has 0 aliphatic carbocycles. The number of nitrogens with one attached hydrogen (secondary N) is 2. The van der Waals surface area contributed by atoms with Crippen LogP contribution in [0.25, 0.3) is 0 Å². The van der Waals surface area contributed by atoms with E-state index in [9.17, 15) is 4.79 Å². The van der Waals surface area contributed by atoms with E-state index in [0.29, 0.717) is 12.4 Å². The van der Waals surface area contributed by atoms with Gasteiger partial charge < -0.3 is 15.4 Å². The summed E-state index contributed by atoms with van der Waals surface area (Å²) in [6.07, 6.45) is 1.85. The van der Waals surface area contributed by atoms with Crippen molar-refractivity contribution in [2.24, 2.45) is 5.41 Å². The molecule has 2 atom stereocenters. The van der Waals surface area contributed by atoms with Gasteiger partial charge in [0.15, 0.2) is 5.82 Å². The van der Waals surface area contributed by atoms with Gasteiger partial charge in [-0.15, -0.1) is 0 Å². The predicted octanol–water partition coefficient (Wildman–Crippen LogP) is 1.99. The summed E-state index contributed by atoms with van der Waals surface area (Å²) in [5.41, 5.74) is 0.0234. The van der Waals surface area contributed by atoms with Crippen LogP contribution in [0.4, 0.5) is 4.79 Å². The Labute approximate surface area is 131 Å². The average molecular weight is 309 g/mol.